The number of ether oxygens (including phenoxy) is 7. The van der Waals surface area contributed by atoms with E-state index in [0.717, 1.165) is 90.0 Å². The first kappa shape index (κ1) is 44.7. The molecule has 7 aliphatic rings. The van der Waals surface area contributed by atoms with Crippen LogP contribution >= 0.6 is 0 Å². The average Bonchev–Trinajstić information content (AvgIpc) is 3.06. The van der Waals surface area contributed by atoms with Gasteiger partial charge in [0, 0.05) is 45.0 Å². The number of piperidine rings is 1. The molecule has 3 heterocycles. The van der Waals surface area contributed by atoms with Crippen LogP contribution in [0.1, 0.15) is 138 Å². The second-order valence-corrected chi connectivity index (χ2v) is 21.8. The van der Waals surface area contributed by atoms with Gasteiger partial charge >= 0.3 is 0 Å². The molecule has 0 unspecified atom stereocenters. The fourth-order valence-corrected chi connectivity index (χ4v) is 11.0. The zero-order valence-electron chi connectivity index (χ0n) is 38.0. The van der Waals surface area contributed by atoms with Crippen LogP contribution in [0.4, 0.5) is 5.69 Å². The van der Waals surface area contributed by atoms with Crippen LogP contribution in [0.15, 0.2) is 12.3 Å². The number of hydrogen-bond donors (Lipinski definition) is 0. The Balaban J connectivity index is 0.788. The number of methoxy groups -OCH3 is 1. The Morgan fingerprint density at radius 2 is 1.46 bits per heavy atom. The monoisotopic (exact) mass is 819 g/mol. The second kappa shape index (κ2) is 17.4. The van der Waals surface area contributed by atoms with Crippen LogP contribution < -0.4 is 4.90 Å². The highest BCUT2D eigenvalue weighted by Crippen LogP contribution is 2.73. The van der Waals surface area contributed by atoms with Crippen LogP contribution in [0.2, 0.25) is 0 Å². The van der Waals surface area contributed by atoms with E-state index in [-0.39, 0.29) is 29.5 Å². The zero-order valence-corrected chi connectivity index (χ0v) is 38.0. The van der Waals surface area contributed by atoms with Gasteiger partial charge in [-0.3, -0.25) is 4.90 Å². The Morgan fingerprint density at radius 3 is 2.10 bits per heavy atom. The Hall–Kier alpha value is -2.32. The highest BCUT2D eigenvalue weighted by Gasteiger charge is 2.67. The molecule has 0 N–H and O–H groups in total. The van der Waals surface area contributed by atoms with Crippen molar-refractivity contribution in [2.24, 2.45) is 10.8 Å². The van der Waals surface area contributed by atoms with Crippen molar-refractivity contribution >= 4 is 5.69 Å². The summed E-state index contributed by atoms with van der Waals surface area (Å²) in [6.07, 6.45) is 14.0. The minimum atomic E-state index is -0.706. The molecule has 5 saturated carbocycles. The summed E-state index contributed by atoms with van der Waals surface area (Å²) in [4.78, 5) is 9.31. The van der Waals surface area contributed by atoms with E-state index in [9.17, 15) is 5.26 Å². The molecular formula is C48H74N4O7. The number of nitriles is 1. The van der Waals surface area contributed by atoms with Crippen LogP contribution in [-0.2, 0) is 33.2 Å². The molecular weight excluding hydrogens is 745 g/mol. The number of hydrogen-bond acceptors (Lipinski definition) is 11. The number of rotatable bonds is 19. The molecule has 2 bridgehead atoms. The van der Waals surface area contributed by atoms with Gasteiger partial charge in [0.05, 0.1) is 85.5 Å². The highest BCUT2D eigenvalue weighted by molar-refractivity contribution is 5.61. The first-order valence-electron chi connectivity index (χ1n) is 22.6. The Morgan fingerprint density at radius 1 is 0.797 bits per heavy atom. The lowest BCUT2D eigenvalue weighted by molar-refractivity contribution is -0.265. The minimum absolute atomic E-state index is 0.0691. The molecule has 2 saturated heterocycles. The lowest BCUT2D eigenvalue weighted by Crippen LogP contribution is -2.66. The fourth-order valence-electron chi connectivity index (χ4n) is 11.0. The van der Waals surface area contributed by atoms with Gasteiger partial charge in [-0.15, -0.1) is 0 Å². The summed E-state index contributed by atoms with van der Waals surface area (Å²) < 4.78 is 43.1. The number of likely N-dealkylation sites (tertiary alicyclic amines) is 1. The van der Waals surface area contributed by atoms with Crippen LogP contribution in [-0.4, -0.2) is 129 Å². The van der Waals surface area contributed by atoms with Gasteiger partial charge < -0.3 is 38.1 Å². The molecule has 0 radical (unpaired) electrons. The van der Waals surface area contributed by atoms with Gasteiger partial charge in [0.25, 0.3) is 0 Å². The van der Waals surface area contributed by atoms with E-state index in [2.05, 4.69) is 81.2 Å². The SMILES string of the molecule is COC1CC(OCC23CC(COCCOC4CN(C(C)(C)CC(C)(C)OC(C)(C)C#Cc5cc(N6CCC(OC7CC(OC(C)(C)C)C7)CC6)c(C#N)cn5)C4)(C2)C3)C1. The normalized spacial score (nSPS) is 30.2. The van der Waals surface area contributed by atoms with Crippen molar-refractivity contribution in [1.29, 1.82) is 5.26 Å². The van der Waals surface area contributed by atoms with Crippen molar-refractivity contribution in [1.82, 2.24) is 9.88 Å². The molecule has 11 nitrogen and oxygen atoms in total. The predicted molar refractivity (Wildman–Crippen MR) is 228 cm³/mol. The van der Waals surface area contributed by atoms with Crippen molar-refractivity contribution in [3.8, 4) is 17.9 Å². The number of nitrogens with zero attached hydrogens (tertiary/aromatic N) is 4. The van der Waals surface area contributed by atoms with Crippen molar-refractivity contribution < 1.29 is 33.2 Å². The maximum absolute atomic E-state index is 9.92. The zero-order chi connectivity index (χ0) is 42.3. The van der Waals surface area contributed by atoms with Gasteiger partial charge in [-0.25, -0.2) is 4.98 Å². The molecule has 328 valence electrons. The van der Waals surface area contributed by atoms with E-state index in [1.165, 1.54) is 19.3 Å². The van der Waals surface area contributed by atoms with E-state index in [4.69, 9.17) is 33.2 Å². The van der Waals surface area contributed by atoms with E-state index in [0.29, 0.717) is 53.6 Å². The smallest absolute Gasteiger partial charge is 0.124 e. The van der Waals surface area contributed by atoms with Crippen LogP contribution in [0.3, 0.4) is 0 Å². The molecule has 0 aromatic carbocycles. The van der Waals surface area contributed by atoms with Gasteiger partial charge in [0.1, 0.15) is 17.4 Å². The second-order valence-electron chi connectivity index (χ2n) is 21.8. The van der Waals surface area contributed by atoms with Crippen molar-refractivity contribution in [2.75, 3.05) is 64.6 Å². The maximum Gasteiger partial charge on any atom is 0.124 e. The van der Waals surface area contributed by atoms with Gasteiger partial charge in [-0.2, -0.15) is 5.26 Å². The third-order valence-electron chi connectivity index (χ3n) is 13.6. The van der Waals surface area contributed by atoms with Crippen LogP contribution in [0.5, 0.6) is 0 Å². The van der Waals surface area contributed by atoms with E-state index in [1.807, 2.05) is 19.9 Å². The van der Waals surface area contributed by atoms with E-state index < -0.39 is 11.2 Å². The van der Waals surface area contributed by atoms with Gasteiger partial charge in [0.2, 0.25) is 0 Å². The van der Waals surface area contributed by atoms with E-state index >= 15 is 0 Å². The third-order valence-corrected chi connectivity index (χ3v) is 13.6. The largest absolute Gasteiger partial charge is 0.381 e. The summed E-state index contributed by atoms with van der Waals surface area (Å²) in [6.45, 7) is 25.8. The predicted octanol–water partition coefficient (Wildman–Crippen LogP) is 7.46. The Kier molecular flexibility index (Phi) is 13.2. The topological polar surface area (TPSA) is 108 Å². The number of pyridine rings is 1. The summed E-state index contributed by atoms with van der Waals surface area (Å²) in [7, 11) is 1.79. The van der Waals surface area contributed by atoms with Crippen molar-refractivity contribution in [3.63, 3.8) is 0 Å². The first-order chi connectivity index (χ1) is 27.8. The molecule has 0 amide bonds. The van der Waals surface area contributed by atoms with E-state index in [1.54, 1.807) is 13.3 Å². The molecule has 0 spiro atoms. The molecule has 7 fully saturated rings. The summed E-state index contributed by atoms with van der Waals surface area (Å²) in [5, 5.41) is 9.92. The van der Waals surface area contributed by atoms with Gasteiger partial charge in [-0.1, -0.05) is 5.92 Å². The number of aromatic nitrogens is 1. The number of anilines is 1. The molecule has 5 aliphatic carbocycles. The highest BCUT2D eigenvalue weighted by atomic mass is 16.5. The summed E-state index contributed by atoms with van der Waals surface area (Å²) >= 11 is 0. The third kappa shape index (κ3) is 11.4. The molecule has 1 aromatic rings. The summed E-state index contributed by atoms with van der Waals surface area (Å²) in [6, 6.07) is 4.30. The maximum atomic E-state index is 9.92. The Labute approximate surface area is 355 Å². The molecule has 59 heavy (non-hydrogen) atoms. The summed E-state index contributed by atoms with van der Waals surface area (Å²) in [5.41, 5.74) is 1.61. The standard InChI is InChI=1S/C48H74N4O7/c1-43(2,3)58-40-22-39(23-40)57-36-12-15-51(16-13-36)42-19-35(50-25-34(42)24-49)11-14-45(6,7)59-46(8,9)28-44(4,5)52-26-41(27-52)55-18-17-54-32-47-29-48(30-47,31-47)33-56-38-20-37(21-38)53-10/h19,25,36-41H,12-13,15-18,20-23,26-33H2,1-10H3. The lowest BCUT2D eigenvalue weighted by atomic mass is 9.35. The average molecular weight is 819 g/mol. The lowest BCUT2D eigenvalue weighted by Gasteiger charge is -2.70. The molecule has 11 heteroatoms. The molecule has 1 aromatic heterocycles. The quantitative estimate of drug-likeness (QED) is 0.103. The van der Waals surface area contributed by atoms with Crippen LogP contribution in [0.25, 0.3) is 0 Å². The fraction of sp³-hybridized carbons (Fsp3) is 0.833. The van der Waals surface area contributed by atoms with Gasteiger partial charge in [0.15, 0.2) is 0 Å². The van der Waals surface area contributed by atoms with Crippen molar-refractivity contribution in [3.05, 3.63) is 23.5 Å². The van der Waals surface area contributed by atoms with Crippen molar-refractivity contribution in [2.45, 2.75) is 185 Å². The first-order valence-corrected chi connectivity index (χ1v) is 22.6. The Bertz CT molecular complexity index is 1680. The summed E-state index contributed by atoms with van der Waals surface area (Å²) in [5.74, 6) is 6.64. The molecule has 0 atom stereocenters. The van der Waals surface area contributed by atoms with Crippen LogP contribution in [0, 0.1) is 34.0 Å². The molecule has 8 rings (SSSR count). The molecule has 2 aliphatic heterocycles. The van der Waals surface area contributed by atoms with Gasteiger partial charge in [-0.05, 0) is 149 Å². The minimum Gasteiger partial charge on any atom is -0.381 e.